The van der Waals surface area contributed by atoms with Crippen molar-refractivity contribution in [3.63, 3.8) is 0 Å². The summed E-state index contributed by atoms with van der Waals surface area (Å²) in [7, 11) is -1.86. The molecule has 1 saturated carbocycles. The van der Waals surface area contributed by atoms with Crippen LogP contribution in [0.25, 0.3) is 0 Å². The van der Waals surface area contributed by atoms with E-state index in [1.54, 1.807) is 30.1 Å². The van der Waals surface area contributed by atoms with E-state index in [4.69, 9.17) is 0 Å². The highest BCUT2D eigenvalue weighted by atomic mass is 32.2. The number of piperidine rings is 1. The molecular formula is C24H35N3O4S. The maximum atomic E-state index is 13.2. The van der Waals surface area contributed by atoms with Crippen LogP contribution in [0.4, 0.5) is 5.69 Å². The van der Waals surface area contributed by atoms with Crippen molar-refractivity contribution in [1.29, 1.82) is 0 Å². The summed E-state index contributed by atoms with van der Waals surface area (Å²) in [5.74, 6) is -0.00583. The number of nitrogens with zero attached hydrogens (tertiary/aromatic N) is 3. The minimum atomic E-state index is -3.55. The van der Waals surface area contributed by atoms with Gasteiger partial charge in [0.05, 0.1) is 4.90 Å². The second-order valence-corrected chi connectivity index (χ2v) is 11.3. The van der Waals surface area contributed by atoms with Crippen LogP contribution < -0.4 is 4.90 Å². The minimum absolute atomic E-state index is 0.0599. The first kappa shape index (κ1) is 23.2. The minimum Gasteiger partial charge on any atom is -0.343 e. The fourth-order valence-corrected chi connectivity index (χ4v) is 6.72. The number of sulfonamides is 1. The molecule has 2 fully saturated rings. The number of rotatable bonds is 6. The van der Waals surface area contributed by atoms with Crippen molar-refractivity contribution in [1.82, 2.24) is 9.21 Å². The van der Waals surface area contributed by atoms with Crippen LogP contribution in [0.1, 0.15) is 69.8 Å². The zero-order chi connectivity index (χ0) is 22.7. The van der Waals surface area contributed by atoms with Crippen LogP contribution in [0.3, 0.4) is 0 Å². The molecule has 2 amide bonds. The fourth-order valence-electron chi connectivity index (χ4n) is 5.26. The molecule has 2 aliphatic heterocycles. The van der Waals surface area contributed by atoms with Gasteiger partial charge in [-0.05, 0) is 62.3 Å². The van der Waals surface area contributed by atoms with E-state index in [-0.39, 0.29) is 30.7 Å². The molecule has 0 atom stereocenters. The summed E-state index contributed by atoms with van der Waals surface area (Å²) in [4.78, 5) is 29.1. The van der Waals surface area contributed by atoms with Gasteiger partial charge in [0.1, 0.15) is 0 Å². The van der Waals surface area contributed by atoms with Crippen molar-refractivity contribution in [3.05, 3.63) is 23.8 Å². The average Bonchev–Trinajstić information content (AvgIpc) is 3.26. The van der Waals surface area contributed by atoms with Gasteiger partial charge < -0.3 is 9.80 Å². The third-order valence-corrected chi connectivity index (χ3v) is 9.18. The molecular weight excluding hydrogens is 426 g/mol. The highest BCUT2D eigenvalue weighted by Gasteiger charge is 2.32. The van der Waals surface area contributed by atoms with E-state index >= 15 is 0 Å². The lowest BCUT2D eigenvalue weighted by Crippen LogP contribution is -2.38. The van der Waals surface area contributed by atoms with Crippen LogP contribution in [-0.4, -0.2) is 62.2 Å². The van der Waals surface area contributed by atoms with E-state index < -0.39 is 10.0 Å². The van der Waals surface area contributed by atoms with E-state index in [2.05, 4.69) is 0 Å². The zero-order valence-corrected chi connectivity index (χ0v) is 19.9. The topological polar surface area (TPSA) is 78.0 Å². The Kier molecular flexibility index (Phi) is 7.20. The molecule has 0 unspecified atom stereocenters. The first-order chi connectivity index (χ1) is 15.4. The number of hydrogen-bond acceptors (Lipinski definition) is 4. The van der Waals surface area contributed by atoms with Crippen molar-refractivity contribution in [2.24, 2.45) is 0 Å². The summed E-state index contributed by atoms with van der Waals surface area (Å²) in [6, 6.07) is 5.18. The molecule has 176 valence electrons. The molecule has 1 aliphatic carbocycles. The van der Waals surface area contributed by atoms with Crippen LogP contribution >= 0.6 is 0 Å². The number of carbonyl (C=O) groups is 2. The van der Waals surface area contributed by atoms with Gasteiger partial charge in [-0.15, -0.1) is 0 Å². The Hall–Kier alpha value is -1.93. The summed E-state index contributed by atoms with van der Waals surface area (Å²) in [6.45, 7) is 2.13. The van der Waals surface area contributed by atoms with E-state index in [0.717, 1.165) is 62.9 Å². The lowest BCUT2D eigenvalue weighted by molar-refractivity contribution is -0.133. The van der Waals surface area contributed by atoms with Gasteiger partial charge in [-0.25, -0.2) is 8.42 Å². The van der Waals surface area contributed by atoms with Crippen molar-refractivity contribution >= 4 is 27.5 Å². The third kappa shape index (κ3) is 4.86. The highest BCUT2D eigenvalue weighted by Crippen LogP contribution is 2.33. The van der Waals surface area contributed by atoms with Crippen LogP contribution in [-0.2, 0) is 26.0 Å². The average molecular weight is 462 g/mol. The van der Waals surface area contributed by atoms with E-state index in [0.29, 0.717) is 17.9 Å². The number of amides is 2. The quantitative estimate of drug-likeness (QED) is 0.651. The maximum Gasteiger partial charge on any atom is 0.243 e. The van der Waals surface area contributed by atoms with Crippen molar-refractivity contribution < 1.29 is 18.0 Å². The molecule has 3 aliphatic rings. The first-order valence-electron chi connectivity index (χ1n) is 12.1. The summed E-state index contributed by atoms with van der Waals surface area (Å²) in [6.07, 6.45) is 9.48. The van der Waals surface area contributed by atoms with E-state index in [9.17, 15) is 18.0 Å². The summed E-state index contributed by atoms with van der Waals surface area (Å²) in [5, 5.41) is 0. The number of anilines is 1. The number of likely N-dealkylation sites (tertiary alicyclic amines) is 1. The van der Waals surface area contributed by atoms with Gasteiger partial charge >= 0.3 is 0 Å². The van der Waals surface area contributed by atoms with Gasteiger partial charge in [-0.2, -0.15) is 4.31 Å². The van der Waals surface area contributed by atoms with Crippen LogP contribution in [0.5, 0.6) is 0 Å². The number of carbonyl (C=O) groups excluding carboxylic acids is 2. The summed E-state index contributed by atoms with van der Waals surface area (Å²) < 4.78 is 27.9. The zero-order valence-electron chi connectivity index (χ0n) is 19.1. The molecule has 1 aromatic carbocycles. The Morgan fingerprint density at radius 2 is 1.59 bits per heavy atom. The molecule has 0 aromatic heterocycles. The second kappa shape index (κ2) is 9.91. The summed E-state index contributed by atoms with van der Waals surface area (Å²) in [5.41, 5.74) is 1.67. The van der Waals surface area contributed by atoms with Gasteiger partial charge in [0.2, 0.25) is 21.8 Å². The molecule has 4 rings (SSSR count). The Morgan fingerprint density at radius 3 is 2.31 bits per heavy atom. The van der Waals surface area contributed by atoms with Crippen LogP contribution in [0.2, 0.25) is 0 Å². The predicted molar refractivity (Wildman–Crippen MR) is 124 cm³/mol. The second-order valence-electron chi connectivity index (χ2n) is 9.34. The van der Waals surface area contributed by atoms with Crippen molar-refractivity contribution in [2.75, 3.05) is 31.6 Å². The Morgan fingerprint density at radius 1 is 0.938 bits per heavy atom. The maximum absolute atomic E-state index is 13.2. The van der Waals surface area contributed by atoms with Gasteiger partial charge in [-0.1, -0.05) is 19.3 Å². The number of fused-ring (bicyclic) bond motifs is 1. The SMILES string of the molecule is CN(C1CCCCC1)S(=O)(=O)c1ccc2c(c1)CCN2C(=O)CCC(=O)N1CCCCC1. The monoisotopic (exact) mass is 461 g/mol. The molecule has 1 saturated heterocycles. The Bertz CT molecular complexity index is 950. The van der Waals surface area contributed by atoms with Crippen molar-refractivity contribution in [3.8, 4) is 0 Å². The standard InChI is InChI=1S/C24H35N3O4S/c1-25(20-8-4-2-5-9-20)32(30,31)21-10-11-22-19(18-21)14-17-27(22)24(29)13-12-23(28)26-15-6-3-7-16-26/h10-11,18,20H,2-9,12-17H2,1H3. The lowest BCUT2D eigenvalue weighted by atomic mass is 9.96. The molecule has 1 aromatic rings. The molecule has 0 spiro atoms. The smallest absolute Gasteiger partial charge is 0.243 e. The molecule has 2 heterocycles. The lowest BCUT2D eigenvalue weighted by Gasteiger charge is -2.30. The molecule has 32 heavy (non-hydrogen) atoms. The van der Waals surface area contributed by atoms with Gasteiger partial charge in [-0.3, -0.25) is 9.59 Å². The number of benzene rings is 1. The molecule has 0 bridgehead atoms. The largest absolute Gasteiger partial charge is 0.343 e. The van der Waals surface area contributed by atoms with Gasteiger partial charge in [0, 0.05) is 51.3 Å². The van der Waals surface area contributed by atoms with Crippen molar-refractivity contribution in [2.45, 2.75) is 81.6 Å². The molecule has 0 radical (unpaired) electrons. The summed E-state index contributed by atoms with van der Waals surface area (Å²) >= 11 is 0. The predicted octanol–water partition coefficient (Wildman–Crippen LogP) is 3.32. The molecule has 7 nitrogen and oxygen atoms in total. The molecule has 8 heteroatoms. The third-order valence-electron chi connectivity index (χ3n) is 7.27. The van der Waals surface area contributed by atoms with Gasteiger partial charge in [0.25, 0.3) is 0 Å². The van der Waals surface area contributed by atoms with Gasteiger partial charge in [0.15, 0.2) is 0 Å². The first-order valence-corrected chi connectivity index (χ1v) is 13.5. The number of hydrogen-bond donors (Lipinski definition) is 0. The Labute approximate surface area is 191 Å². The highest BCUT2D eigenvalue weighted by molar-refractivity contribution is 7.89. The van der Waals surface area contributed by atoms with Crippen LogP contribution in [0, 0.1) is 0 Å². The fraction of sp³-hybridized carbons (Fsp3) is 0.667. The van der Waals surface area contributed by atoms with E-state index in [1.165, 1.54) is 17.1 Å². The van der Waals surface area contributed by atoms with Crippen LogP contribution in [0.15, 0.2) is 23.1 Å². The normalized spacial score (nSPS) is 19.9. The molecule has 0 N–H and O–H groups in total. The Balaban J connectivity index is 1.40. The van der Waals surface area contributed by atoms with E-state index in [1.807, 2.05) is 4.90 Å².